The Balaban J connectivity index is 1.49. The lowest BCUT2D eigenvalue weighted by atomic mass is 10.1. The number of carbonyl (C=O) groups is 2. The summed E-state index contributed by atoms with van der Waals surface area (Å²) >= 11 is 6.12. The minimum Gasteiger partial charge on any atom is -0.324 e. The van der Waals surface area contributed by atoms with Gasteiger partial charge in [0.1, 0.15) is 0 Å². The Morgan fingerprint density at radius 3 is 2.61 bits per heavy atom. The lowest BCUT2D eigenvalue weighted by Gasteiger charge is -2.10. The van der Waals surface area contributed by atoms with Crippen LogP contribution >= 0.6 is 11.6 Å². The first-order chi connectivity index (χ1) is 15.9. The molecule has 2 N–H and O–H groups in total. The molecular formula is C25H22ClN5O2. The van der Waals surface area contributed by atoms with Gasteiger partial charge in [0.25, 0.3) is 5.91 Å². The summed E-state index contributed by atoms with van der Waals surface area (Å²) in [5, 5.41) is 10.6. The summed E-state index contributed by atoms with van der Waals surface area (Å²) in [4.78, 5) is 29.4. The van der Waals surface area contributed by atoms with Crippen molar-refractivity contribution in [1.29, 1.82) is 0 Å². The minimum absolute atomic E-state index is 0.151. The molecule has 0 radical (unpaired) electrons. The summed E-state index contributed by atoms with van der Waals surface area (Å²) < 4.78 is 1.71. The van der Waals surface area contributed by atoms with E-state index in [0.717, 1.165) is 22.6 Å². The molecule has 2 heterocycles. The molecule has 0 aliphatic heterocycles. The Morgan fingerprint density at radius 1 is 1.00 bits per heavy atom. The number of nitrogens with one attached hydrogen (secondary N) is 2. The highest BCUT2D eigenvalue weighted by atomic mass is 35.5. The first kappa shape index (κ1) is 22.2. The van der Waals surface area contributed by atoms with Gasteiger partial charge in [0.05, 0.1) is 29.0 Å². The van der Waals surface area contributed by atoms with Crippen LogP contribution in [0.3, 0.4) is 0 Å². The Hall–Kier alpha value is -3.97. The fraction of sp³-hybridized carbons (Fsp3) is 0.120. The van der Waals surface area contributed by atoms with Gasteiger partial charge in [-0.15, -0.1) is 0 Å². The Bertz CT molecular complexity index is 1330. The molecule has 0 bridgehead atoms. The topological polar surface area (TPSA) is 88.9 Å². The highest BCUT2D eigenvalue weighted by Crippen LogP contribution is 2.22. The standard InChI is InChI=1S/C25H22ClN5O2/c1-16-12-20(10-11-27-16)29-25(33)18-6-5-7-21(13-18)31-17(2)19(15-28-31)14-24(32)30-23-9-4-3-8-22(23)26/h3-13,15H,14H2,1-2H3,(H,30,32)(H,27,29,33). The molecule has 166 valence electrons. The highest BCUT2D eigenvalue weighted by Gasteiger charge is 2.14. The normalized spacial score (nSPS) is 10.6. The minimum atomic E-state index is -0.230. The summed E-state index contributed by atoms with van der Waals surface area (Å²) in [6.45, 7) is 3.75. The van der Waals surface area contributed by atoms with Gasteiger partial charge in [-0.25, -0.2) is 4.68 Å². The van der Waals surface area contributed by atoms with Gasteiger partial charge < -0.3 is 10.6 Å². The lowest BCUT2D eigenvalue weighted by molar-refractivity contribution is -0.115. The fourth-order valence-electron chi connectivity index (χ4n) is 3.41. The van der Waals surface area contributed by atoms with Gasteiger partial charge in [-0.2, -0.15) is 5.10 Å². The molecule has 0 saturated heterocycles. The lowest BCUT2D eigenvalue weighted by Crippen LogP contribution is -2.15. The first-order valence-corrected chi connectivity index (χ1v) is 10.7. The van der Waals surface area contributed by atoms with Crippen molar-refractivity contribution in [3.63, 3.8) is 0 Å². The molecule has 7 nitrogen and oxygen atoms in total. The number of anilines is 2. The summed E-state index contributed by atoms with van der Waals surface area (Å²) in [5.74, 6) is -0.418. The van der Waals surface area contributed by atoms with E-state index in [2.05, 4.69) is 20.7 Å². The maximum atomic E-state index is 12.7. The predicted molar refractivity (Wildman–Crippen MR) is 129 cm³/mol. The van der Waals surface area contributed by atoms with Crippen LogP contribution in [0.2, 0.25) is 5.02 Å². The van der Waals surface area contributed by atoms with Crippen molar-refractivity contribution in [3.8, 4) is 5.69 Å². The summed E-state index contributed by atoms with van der Waals surface area (Å²) in [6.07, 6.45) is 3.46. The molecule has 0 atom stereocenters. The van der Waals surface area contributed by atoms with Crippen LogP contribution in [0.15, 0.2) is 73.1 Å². The number of hydrogen-bond donors (Lipinski definition) is 2. The van der Waals surface area contributed by atoms with Gasteiger partial charge in [0, 0.05) is 34.4 Å². The summed E-state index contributed by atoms with van der Waals surface area (Å²) in [6, 6.07) is 17.8. The number of amides is 2. The average Bonchev–Trinajstić information content (AvgIpc) is 3.15. The molecule has 0 unspecified atom stereocenters. The largest absolute Gasteiger partial charge is 0.324 e. The number of benzene rings is 2. The monoisotopic (exact) mass is 459 g/mol. The molecular weight excluding hydrogens is 438 g/mol. The number of para-hydroxylation sites is 1. The van der Waals surface area contributed by atoms with E-state index < -0.39 is 0 Å². The Labute approximate surface area is 196 Å². The number of halogens is 1. The van der Waals surface area contributed by atoms with E-state index in [-0.39, 0.29) is 18.2 Å². The number of nitrogens with zero attached hydrogens (tertiary/aromatic N) is 3. The third-order valence-corrected chi connectivity index (χ3v) is 5.45. The van der Waals surface area contributed by atoms with E-state index in [0.29, 0.717) is 22.0 Å². The van der Waals surface area contributed by atoms with E-state index in [1.54, 1.807) is 65.6 Å². The molecule has 4 rings (SSSR count). The quantitative estimate of drug-likeness (QED) is 0.426. The maximum absolute atomic E-state index is 12.7. The molecule has 0 spiro atoms. The number of pyridine rings is 1. The zero-order valence-corrected chi connectivity index (χ0v) is 18.9. The molecule has 2 aromatic carbocycles. The van der Waals surface area contributed by atoms with Gasteiger partial charge in [-0.3, -0.25) is 14.6 Å². The van der Waals surface area contributed by atoms with Crippen LogP contribution < -0.4 is 10.6 Å². The van der Waals surface area contributed by atoms with Gasteiger partial charge in [-0.05, 0) is 56.3 Å². The van der Waals surface area contributed by atoms with E-state index in [4.69, 9.17) is 11.6 Å². The average molecular weight is 460 g/mol. The van der Waals surface area contributed by atoms with Crippen LogP contribution in [0.25, 0.3) is 5.69 Å². The van der Waals surface area contributed by atoms with Crippen LogP contribution in [0, 0.1) is 13.8 Å². The summed E-state index contributed by atoms with van der Waals surface area (Å²) in [5.41, 5.74) is 4.88. The van der Waals surface area contributed by atoms with E-state index in [1.807, 2.05) is 26.0 Å². The zero-order valence-electron chi connectivity index (χ0n) is 18.2. The van der Waals surface area contributed by atoms with Crippen LogP contribution in [0.5, 0.6) is 0 Å². The fourth-order valence-corrected chi connectivity index (χ4v) is 3.60. The van der Waals surface area contributed by atoms with Crippen molar-refractivity contribution >= 4 is 34.8 Å². The second-order valence-electron chi connectivity index (χ2n) is 7.56. The molecule has 0 aliphatic rings. The van der Waals surface area contributed by atoms with Crippen molar-refractivity contribution in [2.24, 2.45) is 0 Å². The smallest absolute Gasteiger partial charge is 0.255 e. The zero-order chi connectivity index (χ0) is 23.4. The highest BCUT2D eigenvalue weighted by molar-refractivity contribution is 6.33. The van der Waals surface area contributed by atoms with Crippen LogP contribution in [-0.4, -0.2) is 26.6 Å². The number of aryl methyl sites for hydroxylation is 1. The second kappa shape index (κ2) is 9.67. The van der Waals surface area contributed by atoms with E-state index >= 15 is 0 Å². The van der Waals surface area contributed by atoms with Gasteiger partial charge >= 0.3 is 0 Å². The summed E-state index contributed by atoms with van der Waals surface area (Å²) in [7, 11) is 0. The molecule has 4 aromatic rings. The molecule has 0 fully saturated rings. The predicted octanol–water partition coefficient (Wildman–Crippen LogP) is 4.97. The molecule has 33 heavy (non-hydrogen) atoms. The SMILES string of the molecule is Cc1cc(NC(=O)c2cccc(-n3ncc(CC(=O)Nc4ccccc4Cl)c3C)c2)ccn1. The number of aromatic nitrogens is 3. The number of hydrogen-bond acceptors (Lipinski definition) is 4. The second-order valence-corrected chi connectivity index (χ2v) is 7.97. The molecule has 0 saturated carbocycles. The Morgan fingerprint density at radius 2 is 1.82 bits per heavy atom. The van der Waals surface area contributed by atoms with Crippen LogP contribution in [0.4, 0.5) is 11.4 Å². The van der Waals surface area contributed by atoms with Crippen molar-refractivity contribution in [1.82, 2.24) is 14.8 Å². The van der Waals surface area contributed by atoms with Crippen LogP contribution in [0.1, 0.15) is 27.3 Å². The van der Waals surface area contributed by atoms with Crippen LogP contribution in [-0.2, 0) is 11.2 Å². The van der Waals surface area contributed by atoms with E-state index in [1.165, 1.54) is 0 Å². The van der Waals surface area contributed by atoms with Gasteiger partial charge in [0.15, 0.2) is 0 Å². The van der Waals surface area contributed by atoms with Crippen molar-refractivity contribution in [2.75, 3.05) is 10.6 Å². The van der Waals surface area contributed by atoms with E-state index in [9.17, 15) is 9.59 Å². The number of rotatable bonds is 6. The molecule has 8 heteroatoms. The Kier molecular flexibility index (Phi) is 6.51. The third-order valence-electron chi connectivity index (χ3n) is 5.12. The van der Waals surface area contributed by atoms with Crippen molar-refractivity contribution < 1.29 is 9.59 Å². The first-order valence-electron chi connectivity index (χ1n) is 10.3. The third kappa shape index (κ3) is 5.27. The molecule has 2 amide bonds. The molecule has 2 aromatic heterocycles. The van der Waals surface area contributed by atoms with Crippen molar-refractivity contribution in [2.45, 2.75) is 20.3 Å². The van der Waals surface area contributed by atoms with Gasteiger partial charge in [-0.1, -0.05) is 29.8 Å². The van der Waals surface area contributed by atoms with Gasteiger partial charge in [0.2, 0.25) is 5.91 Å². The maximum Gasteiger partial charge on any atom is 0.255 e. The molecule has 0 aliphatic carbocycles. The van der Waals surface area contributed by atoms with Crippen molar-refractivity contribution in [3.05, 3.63) is 101 Å². The number of carbonyl (C=O) groups excluding carboxylic acids is 2.